The second kappa shape index (κ2) is 5.27. The maximum absolute atomic E-state index is 13.5. The molecule has 1 heterocycles. The highest BCUT2D eigenvalue weighted by molar-refractivity contribution is 9.10. The highest BCUT2D eigenvalue weighted by atomic mass is 79.9. The van der Waals surface area contributed by atoms with E-state index in [2.05, 4.69) is 20.9 Å². The third-order valence-electron chi connectivity index (χ3n) is 2.46. The predicted octanol–water partition coefficient (Wildman–Crippen LogP) is 3.26. The maximum atomic E-state index is 13.5. The molecule has 18 heavy (non-hydrogen) atoms. The Morgan fingerprint density at radius 3 is 2.72 bits per heavy atom. The number of hydrogen-bond acceptors (Lipinski definition) is 2. The van der Waals surface area contributed by atoms with Gasteiger partial charge in [0, 0.05) is 17.7 Å². The lowest BCUT2D eigenvalue weighted by Crippen LogP contribution is -2.27. The van der Waals surface area contributed by atoms with Crippen LogP contribution in [0.1, 0.15) is 10.4 Å². The van der Waals surface area contributed by atoms with Crippen molar-refractivity contribution in [2.45, 2.75) is 0 Å². The minimum absolute atomic E-state index is 0.0294. The summed E-state index contributed by atoms with van der Waals surface area (Å²) >= 11 is 3.30. The van der Waals surface area contributed by atoms with E-state index in [1.807, 2.05) is 0 Å². The molecule has 0 aliphatic heterocycles. The summed E-state index contributed by atoms with van der Waals surface area (Å²) in [7, 11) is 1.56. The molecule has 0 radical (unpaired) electrons. The number of nitrogens with zero attached hydrogens (tertiary/aromatic N) is 2. The van der Waals surface area contributed by atoms with Crippen molar-refractivity contribution < 1.29 is 9.18 Å². The van der Waals surface area contributed by atoms with Crippen molar-refractivity contribution in [3.8, 4) is 0 Å². The normalized spacial score (nSPS) is 10.2. The van der Waals surface area contributed by atoms with Crippen LogP contribution in [-0.4, -0.2) is 17.9 Å². The molecule has 2 aromatic rings. The van der Waals surface area contributed by atoms with E-state index in [9.17, 15) is 9.18 Å². The van der Waals surface area contributed by atoms with E-state index >= 15 is 0 Å². The van der Waals surface area contributed by atoms with E-state index in [4.69, 9.17) is 0 Å². The van der Waals surface area contributed by atoms with Crippen molar-refractivity contribution in [1.29, 1.82) is 0 Å². The molecule has 0 bridgehead atoms. The Hall–Kier alpha value is -1.75. The maximum Gasteiger partial charge on any atom is 0.262 e. The van der Waals surface area contributed by atoms with Crippen molar-refractivity contribution in [3.05, 3.63) is 58.4 Å². The summed E-state index contributed by atoms with van der Waals surface area (Å²) in [4.78, 5) is 17.5. The van der Waals surface area contributed by atoms with Crippen LogP contribution in [-0.2, 0) is 0 Å². The monoisotopic (exact) mass is 308 g/mol. The third kappa shape index (κ3) is 2.56. The molecule has 0 saturated carbocycles. The first-order chi connectivity index (χ1) is 8.59. The van der Waals surface area contributed by atoms with Gasteiger partial charge in [0.05, 0.1) is 5.56 Å². The first-order valence-electron chi connectivity index (χ1n) is 5.24. The Morgan fingerprint density at radius 1 is 1.33 bits per heavy atom. The molecular weight excluding hydrogens is 299 g/mol. The van der Waals surface area contributed by atoms with Crippen molar-refractivity contribution in [1.82, 2.24) is 4.98 Å². The van der Waals surface area contributed by atoms with Gasteiger partial charge in [-0.05, 0) is 24.3 Å². The number of aromatic nitrogens is 1. The molecule has 0 N–H and O–H groups in total. The van der Waals surface area contributed by atoms with Gasteiger partial charge in [0.2, 0.25) is 0 Å². The molecular formula is C13H10BrFN2O. The molecule has 1 aromatic carbocycles. The summed E-state index contributed by atoms with van der Waals surface area (Å²) in [5, 5.41) is 0. The van der Waals surface area contributed by atoms with Crippen LogP contribution in [0.5, 0.6) is 0 Å². The van der Waals surface area contributed by atoms with Gasteiger partial charge in [0.25, 0.3) is 5.91 Å². The topological polar surface area (TPSA) is 33.2 Å². The summed E-state index contributed by atoms with van der Waals surface area (Å²) < 4.78 is 14.3. The number of benzene rings is 1. The number of anilines is 1. The summed E-state index contributed by atoms with van der Waals surface area (Å²) in [6.45, 7) is 0. The highest BCUT2D eigenvalue weighted by Gasteiger charge is 2.17. The second-order valence-electron chi connectivity index (χ2n) is 3.68. The van der Waals surface area contributed by atoms with Crippen molar-refractivity contribution in [2.75, 3.05) is 11.9 Å². The summed E-state index contributed by atoms with van der Waals surface area (Å²) in [5.74, 6) is -0.513. The van der Waals surface area contributed by atoms with Gasteiger partial charge in [-0.2, -0.15) is 0 Å². The van der Waals surface area contributed by atoms with Crippen LogP contribution in [0.15, 0.2) is 47.1 Å². The Kier molecular flexibility index (Phi) is 3.72. The molecule has 0 unspecified atom stereocenters. The van der Waals surface area contributed by atoms with Gasteiger partial charge in [-0.25, -0.2) is 9.37 Å². The quantitative estimate of drug-likeness (QED) is 0.853. The molecule has 92 valence electrons. The van der Waals surface area contributed by atoms with Gasteiger partial charge < -0.3 is 0 Å². The average molecular weight is 309 g/mol. The molecule has 0 fully saturated rings. The fraction of sp³-hybridized carbons (Fsp3) is 0.0769. The van der Waals surface area contributed by atoms with Crippen molar-refractivity contribution in [3.63, 3.8) is 0 Å². The van der Waals surface area contributed by atoms with Crippen LogP contribution in [0.2, 0.25) is 0 Å². The molecule has 0 saturated heterocycles. The molecule has 1 aromatic heterocycles. The van der Waals surface area contributed by atoms with Crippen molar-refractivity contribution >= 4 is 27.7 Å². The number of carbonyl (C=O) groups excluding carboxylic acids is 1. The number of amides is 1. The Labute approximate surface area is 112 Å². The molecule has 0 aliphatic rings. The molecule has 0 spiro atoms. The van der Waals surface area contributed by atoms with Crippen LogP contribution >= 0.6 is 15.9 Å². The van der Waals surface area contributed by atoms with Crippen LogP contribution in [0.4, 0.5) is 10.2 Å². The van der Waals surface area contributed by atoms with Gasteiger partial charge in [0.15, 0.2) is 0 Å². The number of carbonyl (C=O) groups is 1. The zero-order valence-electron chi connectivity index (χ0n) is 9.60. The van der Waals surface area contributed by atoms with Gasteiger partial charge in [0.1, 0.15) is 11.6 Å². The number of hydrogen-bond donors (Lipinski definition) is 0. The van der Waals surface area contributed by atoms with Crippen LogP contribution in [0.3, 0.4) is 0 Å². The number of halogens is 2. The largest absolute Gasteiger partial charge is 0.296 e. The van der Waals surface area contributed by atoms with Crippen LogP contribution in [0, 0.1) is 5.82 Å². The lowest BCUT2D eigenvalue weighted by atomic mass is 10.2. The zero-order valence-corrected chi connectivity index (χ0v) is 11.2. The van der Waals surface area contributed by atoms with Gasteiger partial charge in [-0.15, -0.1) is 0 Å². The number of rotatable bonds is 2. The fourth-order valence-corrected chi connectivity index (χ4v) is 1.82. The van der Waals surface area contributed by atoms with Crippen LogP contribution < -0.4 is 4.90 Å². The average Bonchev–Trinajstić information content (AvgIpc) is 2.37. The van der Waals surface area contributed by atoms with Crippen LogP contribution in [0.25, 0.3) is 0 Å². The molecule has 1 amide bonds. The Bertz CT molecular complexity index is 589. The molecule has 5 heteroatoms. The Morgan fingerprint density at radius 2 is 2.06 bits per heavy atom. The lowest BCUT2D eigenvalue weighted by molar-refractivity contribution is 0.0988. The fourth-order valence-electron chi connectivity index (χ4n) is 1.50. The first-order valence-corrected chi connectivity index (χ1v) is 6.03. The first kappa shape index (κ1) is 12.7. The highest BCUT2D eigenvalue weighted by Crippen LogP contribution is 2.18. The van der Waals surface area contributed by atoms with Gasteiger partial charge in [-0.1, -0.05) is 28.1 Å². The van der Waals surface area contributed by atoms with E-state index in [0.29, 0.717) is 5.82 Å². The minimum Gasteiger partial charge on any atom is -0.296 e. The predicted molar refractivity (Wildman–Crippen MR) is 71.1 cm³/mol. The standard InChI is InChI=1S/C13H10BrFN2O/c1-17(12-8-9(14)6-7-16-12)13(18)10-4-2-3-5-11(10)15/h2-8H,1H3. The molecule has 0 aliphatic carbocycles. The number of pyridine rings is 1. The SMILES string of the molecule is CN(C(=O)c1ccccc1F)c1cc(Br)ccn1. The summed E-state index contributed by atoms with van der Waals surface area (Å²) in [6.07, 6.45) is 1.57. The van der Waals surface area contributed by atoms with E-state index in [1.165, 1.54) is 17.0 Å². The smallest absolute Gasteiger partial charge is 0.262 e. The third-order valence-corrected chi connectivity index (χ3v) is 2.95. The van der Waals surface area contributed by atoms with E-state index in [-0.39, 0.29) is 5.56 Å². The molecule has 0 atom stereocenters. The van der Waals surface area contributed by atoms with Gasteiger partial charge in [-0.3, -0.25) is 9.69 Å². The van der Waals surface area contributed by atoms with E-state index in [0.717, 1.165) is 4.47 Å². The minimum atomic E-state index is -0.538. The second-order valence-corrected chi connectivity index (χ2v) is 4.59. The molecule has 3 nitrogen and oxygen atoms in total. The van der Waals surface area contributed by atoms with Gasteiger partial charge >= 0.3 is 0 Å². The Balaban J connectivity index is 2.32. The van der Waals surface area contributed by atoms with Crippen molar-refractivity contribution in [2.24, 2.45) is 0 Å². The van der Waals surface area contributed by atoms with E-state index < -0.39 is 11.7 Å². The lowest BCUT2D eigenvalue weighted by Gasteiger charge is -2.16. The zero-order chi connectivity index (χ0) is 13.1. The summed E-state index contributed by atoms with van der Waals surface area (Å²) in [5.41, 5.74) is 0.0294. The molecule has 2 rings (SSSR count). The van der Waals surface area contributed by atoms with E-state index in [1.54, 1.807) is 37.5 Å². The summed E-state index contributed by atoms with van der Waals surface area (Å²) in [6, 6.07) is 9.33.